The quantitative estimate of drug-likeness (QED) is 0.408. The smallest absolute Gasteiger partial charge is 0.191 e. The van der Waals surface area contributed by atoms with E-state index in [1.807, 2.05) is 7.05 Å². The van der Waals surface area contributed by atoms with Gasteiger partial charge in [0.25, 0.3) is 0 Å². The van der Waals surface area contributed by atoms with Crippen molar-refractivity contribution in [2.24, 2.45) is 4.99 Å². The van der Waals surface area contributed by atoms with Gasteiger partial charge in [-0.3, -0.25) is 9.89 Å². The van der Waals surface area contributed by atoms with E-state index in [0.29, 0.717) is 0 Å². The monoisotopic (exact) mass is 432 g/mol. The lowest BCUT2D eigenvalue weighted by atomic mass is 10.1. The van der Waals surface area contributed by atoms with Crippen LogP contribution in [0.5, 0.6) is 0 Å². The van der Waals surface area contributed by atoms with Crippen LogP contribution in [0.2, 0.25) is 0 Å². The van der Waals surface area contributed by atoms with Gasteiger partial charge in [-0.25, -0.2) is 0 Å². The first kappa shape index (κ1) is 20.2. The number of hydrogen-bond donors (Lipinski definition) is 2. The molecule has 0 saturated carbocycles. The summed E-state index contributed by atoms with van der Waals surface area (Å²) in [5.41, 5.74) is 2.67. The number of aryl methyl sites for hydroxylation is 1. The molecular formula is C17H29IN4O. The molecule has 1 saturated heterocycles. The van der Waals surface area contributed by atoms with Crippen LogP contribution in [0.3, 0.4) is 0 Å². The lowest BCUT2D eigenvalue weighted by molar-refractivity contribution is 0.0389. The Labute approximate surface area is 156 Å². The highest BCUT2D eigenvalue weighted by Gasteiger charge is 2.09. The maximum Gasteiger partial charge on any atom is 0.191 e. The van der Waals surface area contributed by atoms with Gasteiger partial charge in [-0.1, -0.05) is 29.8 Å². The first-order chi connectivity index (χ1) is 10.8. The van der Waals surface area contributed by atoms with Crippen molar-refractivity contribution in [1.82, 2.24) is 15.5 Å². The summed E-state index contributed by atoms with van der Waals surface area (Å²) >= 11 is 0. The predicted octanol–water partition coefficient (Wildman–Crippen LogP) is 1.65. The molecule has 2 rings (SSSR count). The minimum atomic E-state index is 0. The number of nitrogens with zero attached hydrogens (tertiary/aromatic N) is 2. The highest BCUT2D eigenvalue weighted by Crippen LogP contribution is 2.03. The van der Waals surface area contributed by atoms with Crippen molar-refractivity contribution in [2.45, 2.75) is 13.3 Å². The summed E-state index contributed by atoms with van der Waals surface area (Å²) in [6.45, 7) is 8.71. The molecule has 0 unspecified atom stereocenters. The molecule has 0 bridgehead atoms. The minimum absolute atomic E-state index is 0. The Morgan fingerprint density at radius 1 is 1.22 bits per heavy atom. The fourth-order valence-electron chi connectivity index (χ4n) is 2.57. The molecule has 0 aromatic heterocycles. The van der Waals surface area contributed by atoms with Gasteiger partial charge in [0.1, 0.15) is 0 Å². The van der Waals surface area contributed by atoms with E-state index in [1.54, 1.807) is 0 Å². The highest BCUT2D eigenvalue weighted by molar-refractivity contribution is 14.0. The lowest BCUT2D eigenvalue weighted by Gasteiger charge is -2.26. The number of hydrogen-bond acceptors (Lipinski definition) is 3. The number of guanidine groups is 1. The summed E-state index contributed by atoms with van der Waals surface area (Å²) in [5.74, 6) is 0.876. The van der Waals surface area contributed by atoms with Crippen molar-refractivity contribution in [2.75, 3.05) is 53.0 Å². The number of benzene rings is 1. The summed E-state index contributed by atoms with van der Waals surface area (Å²) < 4.78 is 5.35. The highest BCUT2D eigenvalue weighted by atomic mass is 127. The van der Waals surface area contributed by atoms with E-state index in [9.17, 15) is 0 Å². The van der Waals surface area contributed by atoms with Crippen molar-refractivity contribution in [3.8, 4) is 0 Å². The molecule has 1 aromatic rings. The Morgan fingerprint density at radius 3 is 2.65 bits per heavy atom. The Balaban J connectivity index is 0.00000264. The third-order valence-electron chi connectivity index (χ3n) is 3.84. The zero-order valence-electron chi connectivity index (χ0n) is 14.2. The Bertz CT molecular complexity index is 475. The van der Waals surface area contributed by atoms with Crippen molar-refractivity contribution in [1.29, 1.82) is 0 Å². The SMILES string of the molecule is CN=C(NCCc1cccc(C)c1)NCCN1CCOCC1.I. The van der Waals surface area contributed by atoms with Gasteiger partial charge in [-0.15, -0.1) is 24.0 Å². The van der Waals surface area contributed by atoms with Crippen LogP contribution in [0.25, 0.3) is 0 Å². The van der Waals surface area contributed by atoms with Gasteiger partial charge in [0.05, 0.1) is 13.2 Å². The topological polar surface area (TPSA) is 48.9 Å². The van der Waals surface area contributed by atoms with Crippen LogP contribution in [0, 0.1) is 6.92 Å². The zero-order valence-corrected chi connectivity index (χ0v) is 16.5. The average molecular weight is 432 g/mol. The van der Waals surface area contributed by atoms with Crippen LogP contribution in [-0.4, -0.2) is 63.8 Å². The second-order valence-corrected chi connectivity index (χ2v) is 5.62. The average Bonchev–Trinajstić information content (AvgIpc) is 2.54. The molecule has 0 radical (unpaired) electrons. The zero-order chi connectivity index (χ0) is 15.6. The number of aliphatic imine (C=N–C) groups is 1. The molecule has 0 atom stereocenters. The summed E-state index contributed by atoms with van der Waals surface area (Å²) in [5, 5.41) is 6.74. The van der Waals surface area contributed by atoms with E-state index in [0.717, 1.165) is 58.3 Å². The van der Waals surface area contributed by atoms with Crippen molar-refractivity contribution >= 4 is 29.9 Å². The fourth-order valence-corrected chi connectivity index (χ4v) is 2.57. The summed E-state index contributed by atoms with van der Waals surface area (Å²) in [7, 11) is 1.82. The van der Waals surface area contributed by atoms with E-state index in [4.69, 9.17) is 4.74 Å². The van der Waals surface area contributed by atoms with Crippen LogP contribution in [0.1, 0.15) is 11.1 Å². The molecule has 0 amide bonds. The molecule has 1 heterocycles. The van der Waals surface area contributed by atoms with Gasteiger partial charge in [-0.05, 0) is 18.9 Å². The van der Waals surface area contributed by atoms with Gasteiger partial charge >= 0.3 is 0 Å². The van der Waals surface area contributed by atoms with Gasteiger partial charge in [-0.2, -0.15) is 0 Å². The second kappa shape index (κ2) is 11.6. The second-order valence-electron chi connectivity index (χ2n) is 5.62. The first-order valence-corrected chi connectivity index (χ1v) is 8.08. The van der Waals surface area contributed by atoms with Crippen molar-refractivity contribution in [3.63, 3.8) is 0 Å². The summed E-state index contributed by atoms with van der Waals surface area (Å²) in [6, 6.07) is 8.64. The first-order valence-electron chi connectivity index (χ1n) is 8.08. The van der Waals surface area contributed by atoms with E-state index < -0.39 is 0 Å². The van der Waals surface area contributed by atoms with Crippen LogP contribution < -0.4 is 10.6 Å². The normalized spacial score (nSPS) is 15.8. The fraction of sp³-hybridized carbons (Fsp3) is 0.588. The molecule has 2 N–H and O–H groups in total. The number of ether oxygens (including phenoxy) is 1. The molecule has 1 aliphatic rings. The van der Waals surface area contributed by atoms with Crippen LogP contribution in [0.4, 0.5) is 0 Å². The van der Waals surface area contributed by atoms with Gasteiger partial charge in [0, 0.05) is 39.8 Å². The molecule has 1 aliphatic heterocycles. The van der Waals surface area contributed by atoms with E-state index in [-0.39, 0.29) is 24.0 Å². The standard InChI is InChI=1S/C17H28N4O.HI/c1-15-4-3-5-16(14-15)6-7-19-17(18-2)20-8-9-21-10-12-22-13-11-21;/h3-5,14H,6-13H2,1-2H3,(H2,18,19,20);1H. The number of halogens is 1. The van der Waals surface area contributed by atoms with Gasteiger partial charge in [0.2, 0.25) is 0 Å². The molecule has 5 nitrogen and oxygen atoms in total. The maximum atomic E-state index is 5.35. The van der Waals surface area contributed by atoms with Gasteiger partial charge < -0.3 is 15.4 Å². The van der Waals surface area contributed by atoms with E-state index >= 15 is 0 Å². The molecule has 23 heavy (non-hydrogen) atoms. The Kier molecular flexibility index (Phi) is 10.2. The Hall–Kier alpha value is -0.860. The van der Waals surface area contributed by atoms with E-state index in [1.165, 1.54) is 11.1 Å². The molecule has 130 valence electrons. The van der Waals surface area contributed by atoms with Crippen LogP contribution >= 0.6 is 24.0 Å². The molecule has 0 aliphatic carbocycles. The lowest BCUT2D eigenvalue weighted by Crippen LogP contribution is -2.44. The molecule has 0 spiro atoms. The third kappa shape index (κ3) is 7.99. The predicted molar refractivity (Wildman–Crippen MR) is 107 cm³/mol. The molecule has 1 aromatic carbocycles. The van der Waals surface area contributed by atoms with Crippen LogP contribution in [0.15, 0.2) is 29.3 Å². The number of morpholine rings is 1. The summed E-state index contributed by atoms with van der Waals surface area (Å²) in [4.78, 5) is 6.68. The molecule has 1 fully saturated rings. The van der Waals surface area contributed by atoms with Crippen LogP contribution in [-0.2, 0) is 11.2 Å². The largest absolute Gasteiger partial charge is 0.379 e. The maximum absolute atomic E-state index is 5.35. The molecular weight excluding hydrogens is 403 g/mol. The van der Waals surface area contributed by atoms with Gasteiger partial charge in [0.15, 0.2) is 5.96 Å². The summed E-state index contributed by atoms with van der Waals surface area (Å²) in [6.07, 6.45) is 1.01. The number of rotatable bonds is 6. The van der Waals surface area contributed by atoms with Crippen molar-refractivity contribution in [3.05, 3.63) is 35.4 Å². The van der Waals surface area contributed by atoms with E-state index in [2.05, 4.69) is 51.7 Å². The number of nitrogens with one attached hydrogen (secondary N) is 2. The minimum Gasteiger partial charge on any atom is -0.379 e. The Morgan fingerprint density at radius 2 is 1.96 bits per heavy atom. The van der Waals surface area contributed by atoms with Crippen molar-refractivity contribution < 1.29 is 4.74 Å². The molecule has 6 heteroatoms. The third-order valence-corrected chi connectivity index (χ3v) is 3.84.